The first-order valence-electron chi connectivity index (χ1n) is 6.95. The van der Waals surface area contributed by atoms with Gasteiger partial charge in [-0.25, -0.2) is 4.79 Å². The monoisotopic (exact) mass is 283 g/mol. The van der Waals surface area contributed by atoms with Crippen LogP contribution in [0.25, 0.3) is 0 Å². The van der Waals surface area contributed by atoms with E-state index in [1.165, 1.54) is 0 Å². The second kappa shape index (κ2) is 6.41. The van der Waals surface area contributed by atoms with Crippen LogP contribution in [0.5, 0.6) is 0 Å². The minimum atomic E-state index is -0.601. The molecule has 1 unspecified atom stereocenters. The summed E-state index contributed by atoms with van der Waals surface area (Å²) in [6.07, 6.45) is 0. The van der Waals surface area contributed by atoms with Gasteiger partial charge in [-0.1, -0.05) is 48.0 Å². The maximum absolute atomic E-state index is 12.2. The van der Waals surface area contributed by atoms with E-state index < -0.39 is 5.54 Å². The molecule has 0 heterocycles. The van der Waals surface area contributed by atoms with E-state index in [9.17, 15) is 4.79 Å². The molecule has 2 rings (SSSR count). The minimum absolute atomic E-state index is 0.268. The summed E-state index contributed by atoms with van der Waals surface area (Å²) in [7, 11) is 0. The van der Waals surface area contributed by atoms with Gasteiger partial charge in [-0.15, -0.1) is 0 Å². The van der Waals surface area contributed by atoms with Crippen molar-refractivity contribution in [3.8, 4) is 0 Å². The molecular formula is C17H21N3O. The van der Waals surface area contributed by atoms with E-state index in [0.29, 0.717) is 6.54 Å². The number of carbonyl (C=O) groups excluding carboxylic acids is 1. The lowest BCUT2D eigenvalue weighted by atomic mass is 9.92. The van der Waals surface area contributed by atoms with Crippen molar-refractivity contribution < 1.29 is 4.79 Å². The average molecular weight is 283 g/mol. The number of hydrogen-bond donors (Lipinski definition) is 3. The fourth-order valence-corrected chi connectivity index (χ4v) is 2.10. The molecule has 0 saturated carbocycles. The summed E-state index contributed by atoms with van der Waals surface area (Å²) in [4.78, 5) is 12.2. The van der Waals surface area contributed by atoms with Crippen LogP contribution >= 0.6 is 0 Å². The molecule has 110 valence electrons. The lowest BCUT2D eigenvalue weighted by molar-refractivity contribution is 0.240. The zero-order chi connectivity index (χ0) is 15.3. The smallest absolute Gasteiger partial charge is 0.319 e. The molecule has 0 saturated heterocycles. The number of aryl methyl sites for hydroxylation is 1. The average Bonchev–Trinajstić information content (AvgIpc) is 2.50. The molecule has 0 aromatic heterocycles. The second-order valence-corrected chi connectivity index (χ2v) is 5.35. The summed E-state index contributed by atoms with van der Waals surface area (Å²) in [6, 6.07) is 17.1. The van der Waals surface area contributed by atoms with E-state index in [1.54, 1.807) is 0 Å². The largest absolute Gasteiger partial charge is 0.328 e. The predicted octanol–water partition coefficient (Wildman–Crippen LogP) is 2.99. The summed E-state index contributed by atoms with van der Waals surface area (Å²) in [6.45, 7) is 4.24. The first-order chi connectivity index (χ1) is 10.0. The van der Waals surface area contributed by atoms with Gasteiger partial charge in [0.1, 0.15) is 0 Å². The summed E-state index contributed by atoms with van der Waals surface area (Å²) in [5, 5.41) is 5.77. The molecule has 0 aliphatic carbocycles. The number of anilines is 1. The highest BCUT2D eigenvalue weighted by molar-refractivity contribution is 5.89. The first kappa shape index (κ1) is 15.1. The van der Waals surface area contributed by atoms with E-state index >= 15 is 0 Å². The van der Waals surface area contributed by atoms with Gasteiger partial charge in [0.2, 0.25) is 0 Å². The number of benzene rings is 2. The molecule has 0 fully saturated rings. The molecule has 2 aromatic rings. The summed E-state index contributed by atoms with van der Waals surface area (Å²) < 4.78 is 0. The maximum atomic E-state index is 12.2. The zero-order valence-corrected chi connectivity index (χ0v) is 12.4. The third-order valence-corrected chi connectivity index (χ3v) is 3.52. The SMILES string of the molecule is Cc1ccc(NC(=O)NC(C)(CN)c2ccccc2)cc1. The van der Waals surface area contributed by atoms with Gasteiger partial charge in [-0.3, -0.25) is 0 Å². The zero-order valence-electron chi connectivity index (χ0n) is 12.4. The lowest BCUT2D eigenvalue weighted by Crippen LogP contribution is -2.50. The van der Waals surface area contributed by atoms with Gasteiger partial charge in [0.25, 0.3) is 0 Å². The first-order valence-corrected chi connectivity index (χ1v) is 6.95. The number of rotatable bonds is 4. The second-order valence-electron chi connectivity index (χ2n) is 5.35. The van der Waals surface area contributed by atoms with Gasteiger partial charge in [0.05, 0.1) is 5.54 Å². The van der Waals surface area contributed by atoms with Crippen LogP contribution in [-0.2, 0) is 5.54 Å². The lowest BCUT2D eigenvalue weighted by Gasteiger charge is -2.30. The van der Waals surface area contributed by atoms with E-state index in [-0.39, 0.29) is 6.03 Å². The van der Waals surface area contributed by atoms with Crippen molar-refractivity contribution in [3.63, 3.8) is 0 Å². The highest BCUT2D eigenvalue weighted by Gasteiger charge is 2.26. The van der Waals surface area contributed by atoms with Gasteiger partial charge >= 0.3 is 6.03 Å². The van der Waals surface area contributed by atoms with E-state index in [4.69, 9.17) is 5.73 Å². The molecule has 4 N–H and O–H groups in total. The molecule has 0 aliphatic rings. The predicted molar refractivity (Wildman–Crippen MR) is 86.2 cm³/mol. The molecule has 1 atom stereocenters. The van der Waals surface area contributed by atoms with Crippen molar-refractivity contribution in [3.05, 3.63) is 65.7 Å². The molecule has 2 aromatic carbocycles. The van der Waals surface area contributed by atoms with Crippen LogP contribution in [0.15, 0.2) is 54.6 Å². The Morgan fingerprint density at radius 2 is 1.71 bits per heavy atom. The molecule has 0 aliphatic heterocycles. The van der Waals surface area contributed by atoms with Crippen LogP contribution in [0.3, 0.4) is 0 Å². The Kier molecular flexibility index (Phi) is 4.60. The number of nitrogens with one attached hydrogen (secondary N) is 2. The number of carbonyl (C=O) groups is 1. The van der Waals surface area contributed by atoms with E-state index in [2.05, 4.69) is 10.6 Å². The van der Waals surface area contributed by atoms with Crippen LogP contribution < -0.4 is 16.4 Å². The number of amides is 2. The minimum Gasteiger partial charge on any atom is -0.328 e. The van der Waals surface area contributed by atoms with Crippen LogP contribution in [0.2, 0.25) is 0 Å². The van der Waals surface area contributed by atoms with Crippen molar-refractivity contribution in [1.82, 2.24) is 5.32 Å². The molecule has 4 nitrogen and oxygen atoms in total. The Hall–Kier alpha value is -2.33. The highest BCUT2D eigenvalue weighted by atomic mass is 16.2. The van der Waals surface area contributed by atoms with Crippen molar-refractivity contribution in [2.45, 2.75) is 19.4 Å². The fourth-order valence-electron chi connectivity index (χ4n) is 2.10. The van der Waals surface area contributed by atoms with Crippen LogP contribution in [0, 0.1) is 6.92 Å². The van der Waals surface area contributed by atoms with Crippen LogP contribution in [0.4, 0.5) is 10.5 Å². The highest BCUT2D eigenvalue weighted by Crippen LogP contribution is 2.19. The molecule has 0 bridgehead atoms. The Labute approximate surface area is 125 Å². The topological polar surface area (TPSA) is 67.2 Å². The number of urea groups is 1. The Bertz CT molecular complexity index is 595. The fraction of sp³-hybridized carbons (Fsp3) is 0.235. The summed E-state index contributed by atoms with van der Waals surface area (Å²) in [5.41, 5.74) is 8.14. The van der Waals surface area contributed by atoms with E-state index in [1.807, 2.05) is 68.4 Å². The summed E-state index contributed by atoms with van der Waals surface area (Å²) in [5.74, 6) is 0. The molecule has 21 heavy (non-hydrogen) atoms. The van der Waals surface area contributed by atoms with Gasteiger partial charge in [0.15, 0.2) is 0 Å². The molecule has 4 heteroatoms. The van der Waals surface area contributed by atoms with Crippen molar-refractivity contribution >= 4 is 11.7 Å². The van der Waals surface area contributed by atoms with Crippen LogP contribution in [0.1, 0.15) is 18.1 Å². The maximum Gasteiger partial charge on any atom is 0.319 e. The molecule has 0 radical (unpaired) electrons. The molecular weight excluding hydrogens is 262 g/mol. The van der Waals surface area contributed by atoms with Gasteiger partial charge in [0, 0.05) is 12.2 Å². The third-order valence-electron chi connectivity index (χ3n) is 3.52. The Morgan fingerprint density at radius 3 is 2.29 bits per heavy atom. The Morgan fingerprint density at radius 1 is 1.10 bits per heavy atom. The summed E-state index contributed by atoms with van der Waals surface area (Å²) >= 11 is 0. The molecule has 0 spiro atoms. The van der Waals surface area contributed by atoms with Crippen molar-refractivity contribution in [2.24, 2.45) is 5.73 Å². The van der Waals surface area contributed by atoms with E-state index in [0.717, 1.165) is 16.8 Å². The quantitative estimate of drug-likeness (QED) is 0.807. The number of hydrogen-bond acceptors (Lipinski definition) is 2. The standard InChI is InChI=1S/C17H21N3O/c1-13-8-10-15(11-9-13)19-16(21)20-17(2,12-18)14-6-4-3-5-7-14/h3-11H,12,18H2,1-2H3,(H2,19,20,21). The molecule has 2 amide bonds. The normalized spacial score (nSPS) is 13.3. The number of nitrogens with two attached hydrogens (primary N) is 1. The van der Waals surface area contributed by atoms with Gasteiger partial charge < -0.3 is 16.4 Å². The van der Waals surface area contributed by atoms with Gasteiger partial charge in [-0.05, 0) is 31.5 Å². The third kappa shape index (κ3) is 3.83. The Balaban J connectivity index is 2.08. The van der Waals surface area contributed by atoms with Gasteiger partial charge in [-0.2, -0.15) is 0 Å². The van der Waals surface area contributed by atoms with Crippen molar-refractivity contribution in [2.75, 3.05) is 11.9 Å². The van der Waals surface area contributed by atoms with Crippen LogP contribution in [-0.4, -0.2) is 12.6 Å². The van der Waals surface area contributed by atoms with Crippen molar-refractivity contribution in [1.29, 1.82) is 0 Å².